The van der Waals surface area contributed by atoms with Gasteiger partial charge in [0, 0.05) is 11.5 Å². The third-order valence-electron chi connectivity index (χ3n) is 2.36. The van der Waals surface area contributed by atoms with Crippen LogP contribution in [0.3, 0.4) is 0 Å². The Morgan fingerprint density at radius 3 is 2.44 bits per heavy atom. The zero-order chi connectivity index (χ0) is 12.1. The number of aliphatic hydroxyl groups is 1. The monoisotopic (exact) mass is 220 g/mol. The maximum atomic E-state index is 9.82. The summed E-state index contributed by atoms with van der Waals surface area (Å²) < 4.78 is 5.66. The van der Waals surface area contributed by atoms with Crippen LogP contribution in [0.4, 0.5) is 0 Å². The first-order chi connectivity index (χ1) is 7.68. The first kappa shape index (κ1) is 12.8. The minimum atomic E-state index is -0.530. The lowest BCUT2D eigenvalue weighted by Gasteiger charge is -2.23. The lowest BCUT2D eigenvalue weighted by atomic mass is 10.0. The van der Waals surface area contributed by atoms with E-state index in [1.165, 1.54) is 0 Å². The van der Waals surface area contributed by atoms with E-state index >= 15 is 0 Å². The maximum Gasteiger partial charge on any atom is 0.133 e. The molecule has 1 atom stereocenters. The van der Waals surface area contributed by atoms with Crippen LogP contribution in [-0.4, -0.2) is 5.11 Å². The molecule has 0 bridgehead atoms. The first-order valence-corrected chi connectivity index (χ1v) is 5.85. The van der Waals surface area contributed by atoms with Crippen molar-refractivity contribution in [1.29, 1.82) is 0 Å². The number of benzene rings is 1. The van der Waals surface area contributed by atoms with E-state index < -0.39 is 6.10 Å². The topological polar surface area (TPSA) is 29.5 Å². The maximum absolute atomic E-state index is 9.82. The number of para-hydroxylation sites is 1. The van der Waals surface area contributed by atoms with Crippen molar-refractivity contribution < 1.29 is 9.84 Å². The number of fused-ring (bicyclic) bond motifs is 1. The molecule has 0 saturated heterocycles. The van der Waals surface area contributed by atoms with Crippen LogP contribution in [0.1, 0.15) is 39.4 Å². The van der Waals surface area contributed by atoms with E-state index in [2.05, 4.69) is 0 Å². The summed E-state index contributed by atoms with van der Waals surface area (Å²) in [5.74, 6) is 1.92. The highest BCUT2D eigenvalue weighted by Crippen LogP contribution is 2.34. The van der Waals surface area contributed by atoms with Gasteiger partial charge in [0.25, 0.3) is 0 Å². The minimum Gasteiger partial charge on any atom is -0.461 e. The first-order valence-electron chi connectivity index (χ1n) is 5.85. The second kappa shape index (κ2) is 5.71. The molecule has 2 nitrogen and oxygen atoms in total. The van der Waals surface area contributed by atoms with Crippen LogP contribution in [-0.2, 0) is 0 Å². The fraction of sp³-hybridized carbons (Fsp3) is 0.429. The molecule has 0 saturated carbocycles. The predicted molar refractivity (Wildman–Crippen MR) is 66.3 cm³/mol. The number of aliphatic hydroxyl groups excluding tert-OH is 1. The van der Waals surface area contributed by atoms with Gasteiger partial charge in [0.05, 0.1) is 0 Å². The fourth-order valence-electron chi connectivity index (χ4n) is 1.53. The SMILES string of the molecule is CC.CC(C)C1=CC(O)c2ccccc2O1. The summed E-state index contributed by atoms with van der Waals surface area (Å²) in [6, 6.07) is 7.58. The summed E-state index contributed by atoms with van der Waals surface area (Å²) in [6.45, 7) is 8.10. The van der Waals surface area contributed by atoms with Gasteiger partial charge in [-0.05, 0) is 12.1 Å². The summed E-state index contributed by atoms with van der Waals surface area (Å²) in [5, 5.41) is 9.82. The summed E-state index contributed by atoms with van der Waals surface area (Å²) in [6.07, 6.45) is 1.24. The van der Waals surface area contributed by atoms with Crippen LogP contribution in [0, 0.1) is 5.92 Å². The van der Waals surface area contributed by atoms with E-state index in [-0.39, 0.29) is 0 Å². The molecule has 1 N–H and O–H groups in total. The normalized spacial score (nSPS) is 17.9. The number of hydrogen-bond acceptors (Lipinski definition) is 2. The zero-order valence-corrected chi connectivity index (χ0v) is 10.4. The lowest BCUT2D eigenvalue weighted by Crippen LogP contribution is -2.12. The third-order valence-corrected chi connectivity index (χ3v) is 2.36. The van der Waals surface area contributed by atoms with Crippen molar-refractivity contribution in [2.24, 2.45) is 5.92 Å². The molecule has 88 valence electrons. The van der Waals surface area contributed by atoms with Crippen LogP contribution in [0.5, 0.6) is 5.75 Å². The van der Waals surface area contributed by atoms with Crippen molar-refractivity contribution in [3.8, 4) is 5.75 Å². The Labute approximate surface area is 97.6 Å². The van der Waals surface area contributed by atoms with Crippen LogP contribution < -0.4 is 4.74 Å². The average Bonchev–Trinajstić information content (AvgIpc) is 2.31. The van der Waals surface area contributed by atoms with Crippen LogP contribution in [0.15, 0.2) is 36.1 Å². The molecule has 1 heterocycles. The highest BCUT2D eigenvalue weighted by molar-refractivity contribution is 5.41. The second-order valence-electron chi connectivity index (χ2n) is 3.81. The van der Waals surface area contributed by atoms with Gasteiger partial charge in [-0.3, -0.25) is 0 Å². The summed E-state index contributed by atoms with van der Waals surface area (Å²) >= 11 is 0. The molecular formula is C14H20O2. The number of hydrogen-bond donors (Lipinski definition) is 1. The smallest absolute Gasteiger partial charge is 0.133 e. The van der Waals surface area contributed by atoms with E-state index in [4.69, 9.17) is 4.74 Å². The summed E-state index contributed by atoms with van der Waals surface area (Å²) in [5.41, 5.74) is 0.844. The molecule has 1 unspecified atom stereocenters. The molecule has 0 radical (unpaired) electrons. The van der Waals surface area contributed by atoms with Gasteiger partial charge in [-0.2, -0.15) is 0 Å². The number of rotatable bonds is 1. The van der Waals surface area contributed by atoms with E-state index in [9.17, 15) is 5.11 Å². The van der Waals surface area contributed by atoms with Crippen molar-refractivity contribution >= 4 is 0 Å². The minimum absolute atomic E-state index is 0.304. The molecule has 1 aromatic carbocycles. The van der Waals surface area contributed by atoms with Gasteiger partial charge in [-0.1, -0.05) is 45.9 Å². The highest BCUT2D eigenvalue weighted by atomic mass is 16.5. The molecule has 1 aliphatic heterocycles. The molecule has 1 aromatic rings. The molecule has 0 amide bonds. The molecule has 2 rings (SSSR count). The van der Waals surface area contributed by atoms with E-state index in [1.807, 2.05) is 52.0 Å². The van der Waals surface area contributed by atoms with E-state index in [1.54, 1.807) is 6.08 Å². The van der Waals surface area contributed by atoms with Gasteiger partial charge in [0.2, 0.25) is 0 Å². The molecule has 2 heteroatoms. The van der Waals surface area contributed by atoms with Crippen molar-refractivity contribution in [2.45, 2.75) is 33.8 Å². The lowest BCUT2D eigenvalue weighted by molar-refractivity contribution is 0.201. The molecular weight excluding hydrogens is 200 g/mol. The largest absolute Gasteiger partial charge is 0.461 e. The fourth-order valence-corrected chi connectivity index (χ4v) is 1.53. The standard InChI is InChI=1S/C12H14O2.C2H6/c1-8(2)12-7-10(13)9-5-3-4-6-11(9)14-12;1-2/h3-8,10,13H,1-2H3;1-2H3. The van der Waals surface area contributed by atoms with Crippen LogP contribution >= 0.6 is 0 Å². The van der Waals surface area contributed by atoms with Gasteiger partial charge < -0.3 is 9.84 Å². The molecule has 1 aliphatic rings. The second-order valence-corrected chi connectivity index (χ2v) is 3.81. The average molecular weight is 220 g/mol. The third kappa shape index (κ3) is 2.64. The molecule has 0 aromatic heterocycles. The van der Waals surface area contributed by atoms with Crippen molar-refractivity contribution in [1.82, 2.24) is 0 Å². The van der Waals surface area contributed by atoms with Crippen LogP contribution in [0.2, 0.25) is 0 Å². The Bertz CT molecular complexity index is 367. The van der Waals surface area contributed by atoms with E-state index in [0.29, 0.717) is 5.92 Å². The Hall–Kier alpha value is -1.28. The summed E-state index contributed by atoms with van der Waals surface area (Å²) in [4.78, 5) is 0. The molecule has 0 aliphatic carbocycles. The van der Waals surface area contributed by atoms with Gasteiger partial charge in [0.15, 0.2) is 0 Å². The molecule has 16 heavy (non-hydrogen) atoms. The van der Waals surface area contributed by atoms with Gasteiger partial charge in [0.1, 0.15) is 17.6 Å². The van der Waals surface area contributed by atoms with Gasteiger partial charge in [-0.15, -0.1) is 0 Å². The molecule has 0 spiro atoms. The molecule has 0 fully saturated rings. The number of ether oxygens (including phenoxy) is 1. The Morgan fingerprint density at radius 1 is 1.19 bits per heavy atom. The highest BCUT2D eigenvalue weighted by Gasteiger charge is 2.20. The Morgan fingerprint density at radius 2 is 1.81 bits per heavy atom. The van der Waals surface area contributed by atoms with Crippen LogP contribution in [0.25, 0.3) is 0 Å². The predicted octanol–water partition coefficient (Wildman–Crippen LogP) is 3.68. The Balaban J connectivity index is 0.000000606. The van der Waals surface area contributed by atoms with E-state index in [0.717, 1.165) is 17.1 Å². The van der Waals surface area contributed by atoms with Gasteiger partial charge in [-0.25, -0.2) is 0 Å². The van der Waals surface area contributed by atoms with Gasteiger partial charge >= 0.3 is 0 Å². The van der Waals surface area contributed by atoms with Crippen molar-refractivity contribution in [2.75, 3.05) is 0 Å². The summed E-state index contributed by atoms with van der Waals surface area (Å²) in [7, 11) is 0. The van der Waals surface area contributed by atoms with Crippen molar-refractivity contribution in [3.05, 3.63) is 41.7 Å². The Kier molecular flexibility index (Phi) is 4.56. The number of allylic oxidation sites excluding steroid dienone is 1. The van der Waals surface area contributed by atoms with Crippen molar-refractivity contribution in [3.63, 3.8) is 0 Å². The quantitative estimate of drug-likeness (QED) is 0.782. The zero-order valence-electron chi connectivity index (χ0n) is 10.4.